The molecular weight excluding hydrogens is 294 g/mol. The van der Waals surface area contributed by atoms with Crippen LogP contribution in [0.5, 0.6) is 0 Å². The third-order valence-corrected chi connectivity index (χ3v) is 4.71. The van der Waals surface area contributed by atoms with Gasteiger partial charge in [-0.25, -0.2) is 4.98 Å². The first-order chi connectivity index (χ1) is 10.7. The lowest BCUT2D eigenvalue weighted by atomic mass is 10.1. The summed E-state index contributed by atoms with van der Waals surface area (Å²) in [5.74, 6) is -0.0164. The zero-order chi connectivity index (χ0) is 15.5. The number of aromatic nitrogens is 2. The van der Waals surface area contributed by atoms with E-state index in [4.69, 9.17) is 0 Å². The minimum Gasteiger partial charge on any atom is -0.351 e. The Kier molecular flexibility index (Phi) is 4.24. The molecule has 0 bridgehead atoms. The van der Waals surface area contributed by atoms with Crippen molar-refractivity contribution in [3.8, 4) is 0 Å². The molecule has 0 fully saturated rings. The number of aryl methyl sites for hydroxylation is 3. The molecule has 0 spiro atoms. The van der Waals surface area contributed by atoms with Crippen LogP contribution in [0.1, 0.15) is 27.5 Å². The van der Waals surface area contributed by atoms with Crippen molar-refractivity contribution in [2.75, 3.05) is 6.54 Å². The molecule has 2 heterocycles. The van der Waals surface area contributed by atoms with Crippen LogP contribution in [0.2, 0.25) is 0 Å². The predicted molar refractivity (Wildman–Crippen MR) is 90.4 cm³/mol. The number of carbonyl (C=O) groups excluding carboxylic acids is 1. The molecule has 1 N–H and O–H groups in total. The third-order valence-electron chi connectivity index (χ3n) is 3.87. The minimum atomic E-state index is -0.0164. The molecule has 0 saturated carbocycles. The molecule has 1 aromatic carbocycles. The lowest BCUT2D eigenvalue weighted by Crippen LogP contribution is -2.26. The van der Waals surface area contributed by atoms with Gasteiger partial charge in [0.2, 0.25) is 0 Å². The second kappa shape index (κ2) is 6.32. The summed E-state index contributed by atoms with van der Waals surface area (Å²) >= 11 is 1.66. The highest BCUT2D eigenvalue weighted by Gasteiger charge is 2.13. The second-order valence-corrected chi connectivity index (χ2v) is 6.36. The molecule has 0 saturated heterocycles. The van der Waals surface area contributed by atoms with Gasteiger partial charge in [0, 0.05) is 42.5 Å². The van der Waals surface area contributed by atoms with Gasteiger partial charge in [-0.2, -0.15) is 0 Å². The van der Waals surface area contributed by atoms with Gasteiger partial charge in [-0.3, -0.25) is 4.79 Å². The summed E-state index contributed by atoms with van der Waals surface area (Å²) in [6.07, 6.45) is 3.63. The summed E-state index contributed by atoms with van der Waals surface area (Å²) in [5, 5.41) is 7.23. The third kappa shape index (κ3) is 2.90. The van der Waals surface area contributed by atoms with Crippen molar-refractivity contribution in [3.05, 3.63) is 52.1 Å². The molecule has 4 nitrogen and oxygen atoms in total. The number of carbonyl (C=O) groups is 1. The van der Waals surface area contributed by atoms with Crippen LogP contribution in [0.15, 0.2) is 35.8 Å². The molecule has 3 aromatic rings. The van der Waals surface area contributed by atoms with Gasteiger partial charge in [0.1, 0.15) is 5.69 Å². The van der Waals surface area contributed by atoms with Gasteiger partial charge in [-0.1, -0.05) is 12.1 Å². The Morgan fingerprint density at radius 3 is 3.00 bits per heavy atom. The second-order valence-electron chi connectivity index (χ2n) is 5.38. The fourth-order valence-corrected chi connectivity index (χ4v) is 3.30. The van der Waals surface area contributed by atoms with Crippen LogP contribution in [-0.4, -0.2) is 22.0 Å². The Labute approximate surface area is 133 Å². The highest BCUT2D eigenvalue weighted by atomic mass is 32.1. The molecular formula is C17H19N3OS. The predicted octanol–water partition coefficient (Wildman–Crippen LogP) is 3.31. The Morgan fingerprint density at radius 2 is 2.27 bits per heavy atom. The van der Waals surface area contributed by atoms with Crippen molar-refractivity contribution in [2.45, 2.75) is 19.8 Å². The maximum Gasteiger partial charge on any atom is 0.267 e. The molecule has 0 aliphatic rings. The Hall–Kier alpha value is -2.14. The van der Waals surface area contributed by atoms with E-state index in [2.05, 4.69) is 23.3 Å². The first kappa shape index (κ1) is 14.8. The number of fused-ring (bicyclic) bond motifs is 1. The van der Waals surface area contributed by atoms with Crippen LogP contribution in [-0.2, 0) is 13.5 Å². The maximum absolute atomic E-state index is 12.4. The van der Waals surface area contributed by atoms with E-state index in [1.165, 1.54) is 5.56 Å². The van der Waals surface area contributed by atoms with E-state index in [0.29, 0.717) is 12.2 Å². The summed E-state index contributed by atoms with van der Waals surface area (Å²) in [6.45, 7) is 2.73. The van der Waals surface area contributed by atoms with Gasteiger partial charge in [-0.15, -0.1) is 11.3 Å². The number of hydrogen-bond acceptors (Lipinski definition) is 3. The number of nitrogens with one attached hydrogen (secondary N) is 1. The number of hydrogen-bond donors (Lipinski definition) is 1. The van der Waals surface area contributed by atoms with Gasteiger partial charge in [0.05, 0.1) is 5.01 Å². The van der Waals surface area contributed by atoms with Crippen molar-refractivity contribution in [2.24, 2.45) is 7.05 Å². The number of nitrogens with zero attached hydrogens (tertiary/aromatic N) is 2. The van der Waals surface area contributed by atoms with E-state index in [1.54, 1.807) is 11.3 Å². The normalized spacial score (nSPS) is 11.0. The van der Waals surface area contributed by atoms with Gasteiger partial charge in [-0.05, 0) is 31.0 Å². The zero-order valence-electron chi connectivity index (χ0n) is 12.8. The highest BCUT2D eigenvalue weighted by Crippen LogP contribution is 2.22. The highest BCUT2D eigenvalue weighted by molar-refractivity contribution is 7.09. The van der Waals surface area contributed by atoms with Crippen LogP contribution in [0.4, 0.5) is 0 Å². The molecule has 114 valence electrons. The van der Waals surface area contributed by atoms with Crippen LogP contribution in [0.3, 0.4) is 0 Å². The first-order valence-corrected chi connectivity index (χ1v) is 8.26. The van der Waals surface area contributed by atoms with Crippen molar-refractivity contribution in [1.82, 2.24) is 14.9 Å². The van der Waals surface area contributed by atoms with Crippen LogP contribution < -0.4 is 5.32 Å². The van der Waals surface area contributed by atoms with E-state index >= 15 is 0 Å². The topological polar surface area (TPSA) is 46.9 Å². The number of amides is 1. The lowest BCUT2D eigenvalue weighted by molar-refractivity contribution is 0.0945. The molecule has 0 radical (unpaired) electrons. The average molecular weight is 313 g/mol. The largest absolute Gasteiger partial charge is 0.351 e. The van der Waals surface area contributed by atoms with Gasteiger partial charge < -0.3 is 9.88 Å². The number of rotatable bonds is 5. The van der Waals surface area contributed by atoms with E-state index in [9.17, 15) is 4.79 Å². The quantitative estimate of drug-likeness (QED) is 0.735. The SMILES string of the molecule is Cc1cccc2c1cc(C(=O)NCCCc1nccs1)n2C. The van der Waals surface area contributed by atoms with Gasteiger partial charge in [0.25, 0.3) is 5.91 Å². The Morgan fingerprint density at radius 1 is 1.41 bits per heavy atom. The molecule has 0 aliphatic heterocycles. The van der Waals surface area contributed by atoms with Crippen LogP contribution in [0.25, 0.3) is 10.9 Å². The van der Waals surface area contributed by atoms with Gasteiger partial charge in [0.15, 0.2) is 0 Å². The summed E-state index contributed by atoms with van der Waals surface area (Å²) in [7, 11) is 1.94. The summed E-state index contributed by atoms with van der Waals surface area (Å²) < 4.78 is 1.96. The van der Waals surface area contributed by atoms with Crippen LogP contribution >= 0.6 is 11.3 Å². The minimum absolute atomic E-state index is 0.0164. The molecule has 0 unspecified atom stereocenters. The average Bonchev–Trinajstić information content (AvgIpc) is 3.13. The fraction of sp³-hybridized carbons (Fsp3) is 0.294. The summed E-state index contributed by atoms with van der Waals surface area (Å²) in [5.41, 5.74) is 2.99. The number of thiazole rings is 1. The fourth-order valence-electron chi connectivity index (χ4n) is 2.64. The molecule has 5 heteroatoms. The maximum atomic E-state index is 12.4. The van der Waals surface area contributed by atoms with Crippen molar-refractivity contribution < 1.29 is 4.79 Å². The van der Waals surface area contributed by atoms with Gasteiger partial charge >= 0.3 is 0 Å². The smallest absolute Gasteiger partial charge is 0.267 e. The molecule has 0 aliphatic carbocycles. The molecule has 1 amide bonds. The molecule has 3 rings (SSSR count). The molecule has 0 atom stereocenters. The molecule has 2 aromatic heterocycles. The van der Waals surface area contributed by atoms with Crippen molar-refractivity contribution in [3.63, 3.8) is 0 Å². The summed E-state index contributed by atoms with van der Waals surface area (Å²) in [6, 6.07) is 8.10. The van der Waals surface area contributed by atoms with Crippen molar-refractivity contribution in [1.29, 1.82) is 0 Å². The van der Waals surface area contributed by atoms with E-state index in [-0.39, 0.29) is 5.91 Å². The van der Waals surface area contributed by atoms with E-state index in [1.807, 2.05) is 41.4 Å². The van der Waals surface area contributed by atoms with E-state index < -0.39 is 0 Å². The monoisotopic (exact) mass is 313 g/mol. The standard InChI is InChI=1S/C17H19N3OS/c1-12-5-3-6-14-13(12)11-15(20(14)2)17(21)19-8-4-7-16-18-9-10-22-16/h3,5-6,9-11H,4,7-8H2,1-2H3,(H,19,21). The Bertz CT molecular complexity index is 790. The summed E-state index contributed by atoms with van der Waals surface area (Å²) in [4.78, 5) is 16.6. The number of benzene rings is 1. The Balaban J connectivity index is 1.65. The zero-order valence-corrected chi connectivity index (χ0v) is 13.6. The van der Waals surface area contributed by atoms with E-state index in [0.717, 1.165) is 28.8 Å². The molecule has 22 heavy (non-hydrogen) atoms. The van der Waals surface area contributed by atoms with Crippen molar-refractivity contribution >= 4 is 28.1 Å². The lowest BCUT2D eigenvalue weighted by Gasteiger charge is -2.06. The van der Waals surface area contributed by atoms with Crippen LogP contribution in [0, 0.1) is 6.92 Å². The first-order valence-electron chi connectivity index (χ1n) is 7.38.